The second-order valence-electron chi connectivity index (χ2n) is 6.34. The van der Waals surface area contributed by atoms with Crippen LogP contribution in [0.3, 0.4) is 0 Å². The van der Waals surface area contributed by atoms with E-state index >= 15 is 0 Å². The van der Waals surface area contributed by atoms with Gasteiger partial charge in [0.05, 0.1) is 12.2 Å². The predicted octanol–water partition coefficient (Wildman–Crippen LogP) is 3.41. The van der Waals surface area contributed by atoms with Crippen LogP contribution in [0.5, 0.6) is 0 Å². The summed E-state index contributed by atoms with van der Waals surface area (Å²) in [6.45, 7) is 5.10. The van der Waals surface area contributed by atoms with Gasteiger partial charge in [0.2, 0.25) is 0 Å². The zero-order valence-electron chi connectivity index (χ0n) is 14.2. The Morgan fingerprint density at radius 2 is 2.09 bits per heavy atom. The standard InChI is InChI=1S/C18H30N4/c1-4-6-15-8-10-16(11-9-15)22-18(19-3)21-13-17-14(2)7-5-12-20-17/h5,7,12,15-16H,4,6,8-11,13H2,1-3H3,(H2,19,21,22). The molecule has 1 fully saturated rings. The topological polar surface area (TPSA) is 49.3 Å². The van der Waals surface area contributed by atoms with E-state index in [0.717, 1.165) is 24.1 Å². The lowest BCUT2D eigenvalue weighted by Crippen LogP contribution is -2.44. The summed E-state index contributed by atoms with van der Waals surface area (Å²) >= 11 is 0. The van der Waals surface area contributed by atoms with Gasteiger partial charge in [-0.2, -0.15) is 0 Å². The third-order valence-corrected chi connectivity index (χ3v) is 4.65. The Morgan fingerprint density at radius 1 is 1.32 bits per heavy atom. The Kier molecular flexibility index (Phi) is 6.69. The number of hydrogen-bond acceptors (Lipinski definition) is 2. The summed E-state index contributed by atoms with van der Waals surface area (Å²) in [6, 6.07) is 4.62. The average molecular weight is 302 g/mol. The Labute approximate surface area is 134 Å². The van der Waals surface area contributed by atoms with Gasteiger partial charge < -0.3 is 10.6 Å². The lowest BCUT2D eigenvalue weighted by molar-refractivity contribution is 0.295. The predicted molar refractivity (Wildman–Crippen MR) is 93.0 cm³/mol. The molecule has 0 saturated heterocycles. The van der Waals surface area contributed by atoms with Crippen molar-refractivity contribution in [2.24, 2.45) is 10.9 Å². The zero-order valence-corrected chi connectivity index (χ0v) is 14.2. The maximum Gasteiger partial charge on any atom is 0.191 e. The maximum absolute atomic E-state index is 4.42. The normalized spacial score (nSPS) is 22.4. The van der Waals surface area contributed by atoms with E-state index in [-0.39, 0.29) is 0 Å². The molecule has 1 heterocycles. The van der Waals surface area contributed by atoms with Gasteiger partial charge >= 0.3 is 0 Å². The summed E-state index contributed by atoms with van der Waals surface area (Å²) < 4.78 is 0. The van der Waals surface area contributed by atoms with Gasteiger partial charge in [0.25, 0.3) is 0 Å². The molecule has 122 valence electrons. The van der Waals surface area contributed by atoms with Crippen molar-refractivity contribution in [1.29, 1.82) is 0 Å². The molecule has 22 heavy (non-hydrogen) atoms. The molecule has 0 unspecified atom stereocenters. The van der Waals surface area contributed by atoms with Crippen molar-refractivity contribution >= 4 is 5.96 Å². The van der Waals surface area contributed by atoms with Crippen LogP contribution in [0.25, 0.3) is 0 Å². The molecule has 4 nitrogen and oxygen atoms in total. The molecule has 0 spiro atoms. The zero-order chi connectivity index (χ0) is 15.8. The van der Waals surface area contributed by atoms with Gasteiger partial charge in [-0.1, -0.05) is 25.8 Å². The van der Waals surface area contributed by atoms with Gasteiger partial charge in [0.15, 0.2) is 5.96 Å². The van der Waals surface area contributed by atoms with Crippen LogP contribution in [0.2, 0.25) is 0 Å². The van der Waals surface area contributed by atoms with Crippen LogP contribution in [0.15, 0.2) is 23.3 Å². The molecule has 0 bridgehead atoms. The van der Waals surface area contributed by atoms with Gasteiger partial charge in [-0.05, 0) is 50.2 Å². The Balaban J connectivity index is 1.77. The number of nitrogens with one attached hydrogen (secondary N) is 2. The highest BCUT2D eigenvalue weighted by molar-refractivity contribution is 5.79. The number of nitrogens with zero attached hydrogens (tertiary/aromatic N) is 2. The molecule has 1 aliphatic carbocycles. The Bertz CT molecular complexity index is 476. The summed E-state index contributed by atoms with van der Waals surface area (Å²) in [7, 11) is 1.84. The van der Waals surface area contributed by atoms with Crippen molar-refractivity contribution in [3.05, 3.63) is 29.6 Å². The minimum absolute atomic E-state index is 0.559. The summed E-state index contributed by atoms with van der Waals surface area (Å²) in [5.74, 6) is 1.83. The summed E-state index contributed by atoms with van der Waals surface area (Å²) in [4.78, 5) is 8.77. The molecule has 0 radical (unpaired) electrons. The molecule has 0 amide bonds. The quantitative estimate of drug-likeness (QED) is 0.647. The van der Waals surface area contributed by atoms with Gasteiger partial charge in [0, 0.05) is 19.3 Å². The van der Waals surface area contributed by atoms with Gasteiger partial charge in [0.1, 0.15) is 0 Å². The fraction of sp³-hybridized carbons (Fsp3) is 0.667. The fourth-order valence-corrected chi connectivity index (χ4v) is 3.26. The van der Waals surface area contributed by atoms with Crippen molar-refractivity contribution in [3.63, 3.8) is 0 Å². The highest BCUT2D eigenvalue weighted by Crippen LogP contribution is 2.27. The highest BCUT2D eigenvalue weighted by atomic mass is 15.2. The molecule has 0 aliphatic heterocycles. The van der Waals surface area contributed by atoms with E-state index in [9.17, 15) is 0 Å². The van der Waals surface area contributed by atoms with Crippen molar-refractivity contribution in [2.75, 3.05) is 7.05 Å². The van der Waals surface area contributed by atoms with Crippen molar-refractivity contribution in [3.8, 4) is 0 Å². The number of aryl methyl sites for hydroxylation is 1. The maximum atomic E-state index is 4.42. The molecule has 1 saturated carbocycles. The van der Waals surface area contributed by atoms with E-state index in [4.69, 9.17) is 0 Å². The molecule has 4 heteroatoms. The Morgan fingerprint density at radius 3 is 2.73 bits per heavy atom. The lowest BCUT2D eigenvalue weighted by atomic mass is 9.83. The van der Waals surface area contributed by atoms with E-state index in [0.29, 0.717) is 6.04 Å². The van der Waals surface area contributed by atoms with Crippen molar-refractivity contribution in [1.82, 2.24) is 15.6 Å². The van der Waals surface area contributed by atoms with Crippen LogP contribution in [-0.2, 0) is 6.54 Å². The number of pyridine rings is 1. The van der Waals surface area contributed by atoms with Gasteiger partial charge in [-0.3, -0.25) is 9.98 Å². The van der Waals surface area contributed by atoms with Crippen molar-refractivity contribution in [2.45, 2.75) is 65.0 Å². The summed E-state index contributed by atoms with van der Waals surface area (Å²) in [6.07, 6.45) is 9.76. The van der Waals surface area contributed by atoms with Crippen LogP contribution in [-0.4, -0.2) is 24.0 Å². The van der Waals surface area contributed by atoms with E-state index in [1.54, 1.807) is 0 Å². The van der Waals surface area contributed by atoms with Crippen molar-refractivity contribution < 1.29 is 0 Å². The molecule has 2 rings (SSSR count). The first-order valence-electron chi connectivity index (χ1n) is 8.60. The third kappa shape index (κ3) is 5.00. The number of guanidine groups is 1. The van der Waals surface area contributed by atoms with E-state index in [1.165, 1.54) is 44.1 Å². The van der Waals surface area contributed by atoms with E-state index < -0.39 is 0 Å². The Hall–Kier alpha value is -1.58. The third-order valence-electron chi connectivity index (χ3n) is 4.65. The average Bonchev–Trinajstić information content (AvgIpc) is 2.54. The first-order chi connectivity index (χ1) is 10.7. The summed E-state index contributed by atoms with van der Waals surface area (Å²) in [5, 5.41) is 6.96. The SMILES string of the molecule is CCCC1CCC(NC(=NC)NCc2ncccc2C)CC1. The minimum atomic E-state index is 0.559. The first kappa shape index (κ1) is 16.8. The molecule has 1 aromatic rings. The van der Waals surface area contributed by atoms with Gasteiger partial charge in [-0.25, -0.2) is 0 Å². The second-order valence-corrected chi connectivity index (χ2v) is 6.34. The van der Waals surface area contributed by atoms with Crippen LogP contribution >= 0.6 is 0 Å². The van der Waals surface area contributed by atoms with E-state index in [1.807, 2.05) is 19.3 Å². The molecular weight excluding hydrogens is 272 g/mol. The molecule has 1 aliphatic rings. The van der Waals surface area contributed by atoms with Crippen LogP contribution in [0.1, 0.15) is 56.7 Å². The van der Waals surface area contributed by atoms with E-state index in [2.05, 4.69) is 40.5 Å². The summed E-state index contributed by atoms with van der Waals surface area (Å²) in [5.41, 5.74) is 2.29. The highest BCUT2D eigenvalue weighted by Gasteiger charge is 2.21. The molecule has 2 N–H and O–H groups in total. The number of aliphatic imine (C=N–C) groups is 1. The molecular formula is C18H30N4. The number of rotatable bonds is 5. The smallest absolute Gasteiger partial charge is 0.191 e. The lowest BCUT2D eigenvalue weighted by Gasteiger charge is -2.30. The minimum Gasteiger partial charge on any atom is -0.354 e. The van der Waals surface area contributed by atoms with Gasteiger partial charge in [-0.15, -0.1) is 0 Å². The molecule has 0 aromatic carbocycles. The largest absolute Gasteiger partial charge is 0.354 e. The molecule has 0 atom stereocenters. The fourth-order valence-electron chi connectivity index (χ4n) is 3.26. The number of hydrogen-bond donors (Lipinski definition) is 2. The van der Waals surface area contributed by atoms with Crippen LogP contribution < -0.4 is 10.6 Å². The van der Waals surface area contributed by atoms with Crippen LogP contribution in [0.4, 0.5) is 0 Å². The molecule has 1 aromatic heterocycles. The number of aromatic nitrogens is 1. The first-order valence-corrected chi connectivity index (χ1v) is 8.60. The second kappa shape index (κ2) is 8.76. The monoisotopic (exact) mass is 302 g/mol. The van der Waals surface area contributed by atoms with Crippen LogP contribution in [0, 0.1) is 12.8 Å².